The minimum absolute atomic E-state index is 0.362. The maximum Gasteiger partial charge on any atom is 0.318 e. The van der Waals surface area contributed by atoms with Crippen molar-refractivity contribution < 1.29 is 9.90 Å². The van der Waals surface area contributed by atoms with Crippen molar-refractivity contribution in [3.63, 3.8) is 0 Å². The van der Waals surface area contributed by atoms with Crippen LogP contribution in [0.25, 0.3) is 0 Å². The molecule has 4 heteroatoms. The number of carbonyl (C=O) groups is 1. The smallest absolute Gasteiger partial charge is 0.318 e. The summed E-state index contributed by atoms with van der Waals surface area (Å²) in [5.41, 5.74) is 3.54. The molecule has 3 nitrogen and oxygen atoms in total. The number of rotatable bonds is 1. The maximum absolute atomic E-state index is 11.0. The average molecular weight is 237 g/mol. The Morgan fingerprint density at radius 1 is 1.50 bits per heavy atom. The van der Waals surface area contributed by atoms with Crippen LogP contribution in [-0.2, 0) is 4.79 Å². The molecule has 0 aliphatic carbocycles. The number of benzene rings is 1. The summed E-state index contributed by atoms with van der Waals surface area (Å²) in [6, 6.07) is 4.22. The molecule has 0 spiro atoms. The van der Waals surface area contributed by atoms with Crippen molar-refractivity contribution in [1.29, 1.82) is 0 Å². The summed E-state index contributed by atoms with van der Waals surface area (Å²) in [7, 11) is 1.95. The lowest BCUT2D eigenvalue weighted by Crippen LogP contribution is -2.36. The summed E-state index contributed by atoms with van der Waals surface area (Å²) in [6.07, 6.45) is 0. The fourth-order valence-electron chi connectivity index (χ4n) is 2.02. The van der Waals surface area contributed by atoms with Crippen LogP contribution in [0.1, 0.15) is 11.1 Å². The number of anilines is 1. The summed E-state index contributed by atoms with van der Waals surface area (Å²) >= 11 is 1.46. The Morgan fingerprint density at radius 2 is 2.19 bits per heavy atom. The van der Waals surface area contributed by atoms with Crippen molar-refractivity contribution in [2.24, 2.45) is 0 Å². The third-order valence-electron chi connectivity index (χ3n) is 2.79. The van der Waals surface area contributed by atoms with Crippen LogP contribution in [0.4, 0.5) is 5.69 Å². The highest BCUT2D eigenvalue weighted by Gasteiger charge is 2.29. The fraction of sp³-hybridized carbons (Fsp3) is 0.417. The normalized spacial score (nSPS) is 19.4. The van der Waals surface area contributed by atoms with E-state index in [1.165, 1.54) is 17.3 Å². The van der Waals surface area contributed by atoms with Gasteiger partial charge >= 0.3 is 5.97 Å². The minimum Gasteiger partial charge on any atom is -0.480 e. The van der Waals surface area contributed by atoms with Crippen LogP contribution in [0.15, 0.2) is 17.0 Å². The van der Waals surface area contributed by atoms with Crippen molar-refractivity contribution in [2.45, 2.75) is 24.0 Å². The Labute approximate surface area is 99.5 Å². The average Bonchev–Trinajstić information content (AvgIpc) is 2.19. The number of nitrogens with zero attached hydrogens (tertiary/aromatic N) is 1. The van der Waals surface area contributed by atoms with Gasteiger partial charge in [0, 0.05) is 18.5 Å². The molecule has 2 rings (SSSR count). The Hall–Kier alpha value is -1.16. The Bertz CT molecular complexity index is 445. The van der Waals surface area contributed by atoms with E-state index in [4.69, 9.17) is 5.11 Å². The van der Waals surface area contributed by atoms with E-state index in [2.05, 4.69) is 19.1 Å². The zero-order valence-corrected chi connectivity index (χ0v) is 10.5. The second-order valence-electron chi connectivity index (χ2n) is 4.26. The first-order valence-electron chi connectivity index (χ1n) is 5.21. The molecular weight excluding hydrogens is 222 g/mol. The predicted octanol–water partition coefficient (Wildman–Crippen LogP) is 2.30. The van der Waals surface area contributed by atoms with E-state index in [0.29, 0.717) is 6.54 Å². The quantitative estimate of drug-likeness (QED) is 0.813. The van der Waals surface area contributed by atoms with Crippen LogP contribution >= 0.6 is 11.8 Å². The molecule has 0 fully saturated rings. The zero-order chi connectivity index (χ0) is 11.9. The number of aryl methyl sites for hydroxylation is 2. The van der Waals surface area contributed by atoms with Crippen LogP contribution < -0.4 is 4.90 Å². The third-order valence-corrected chi connectivity index (χ3v) is 4.19. The van der Waals surface area contributed by atoms with E-state index in [9.17, 15) is 4.79 Å². The number of carboxylic acids is 1. The molecule has 1 atom stereocenters. The standard InChI is InChI=1S/C12H15NO2S/c1-7-4-8(2)11-9(5-7)13(3)6-10(16-11)12(14)15/h4-5,10H,6H2,1-3H3,(H,14,15). The number of hydrogen-bond donors (Lipinski definition) is 1. The highest BCUT2D eigenvalue weighted by molar-refractivity contribution is 8.01. The van der Waals surface area contributed by atoms with Crippen LogP contribution in [0.3, 0.4) is 0 Å². The summed E-state index contributed by atoms with van der Waals surface area (Å²) in [5.74, 6) is -0.734. The fourth-order valence-corrected chi connectivity index (χ4v) is 3.29. The second-order valence-corrected chi connectivity index (χ2v) is 5.47. The van der Waals surface area contributed by atoms with Gasteiger partial charge in [0.1, 0.15) is 5.25 Å². The number of aliphatic carboxylic acids is 1. The van der Waals surface area contributed by atoms with Gasteiger partial charge in [0.2, 0.25) is 0 Å². The summed E-state index contributed by atoms with van der Waals surface area (Å²) in [4.78, 5) is 14.2. The van der Waals surface area contributed by atoms with E-state index >= 15 is 0 Å². The van der Waals surface area contributed by atoms with Crippen molar-refractivity contribution in [3.05, 3.63) is 23.3 Å². The largest absolute Gasteiger partial charge is 0.480 e. The zero-order valence-electron chi connectivity index (χ0n) is 9.65. The number of carboxylic acid groups (broad SMARTS) is 1. The molecule has 1 aromatic carbocycles. The van der Waals surface area contributed by atoms with Gasteiger partial charge in [0.15, 0.2) is 0 Å². The van der Waals surface area contributed by atoms with E-state index < -0.39 is 5.97 Å². The molecule has 0 bridgehead atoms. The maximum atomic E-state index is 11.0. The third kappa shape index (κ3) is 1.89. The monoisotopic (exact) mass is 237 g/mol. The van der Waals surface area contributed by atoms with Crippen LogP contribution in [0, 0.1) is 13.8 Å². The topological polar surface area (TPSA) is 40.5 Å². The molecular formula is C12H15NO2S. The molecule has 86 valence electrons. The van der Waals surface area contributed by atoms with Gasteiger partial charge in [-0.3, -0.25) is 4.79 Å². The van der Waals surface area contributed by atoms with Gasteiger partial charge < -0.3 is 10.0 Å². The summed E-state index contributed by atoms with van der Waals surface area (Å²) in [5, 5.41) is 8.72. The van der Waals surface area contributed by atoms with Gasteiger partial charge in [0.25, 0.3) is 0 Å². The Kier molecular flexibility index (Phi) is 2.84. The number of fused-ring (bicyclic) bond motifs is 1. The number of thioether (sulfide) groups is 1. The first-order valence-corrected chi connectivity index (χ1v) is 6.09. The van der Waals surface area contributed by atoms with Crippen LogP contribution in [0.5, 0.6) is 0 Å². The van der Waals surface area contributed by atoms with Gasteiger partial charge in [-0.2, -0.15) is 0 Å². The van der Waals surface area contributed by atoms with E-state index in [1.807, 2.05) is 18.9 Å². The van der Waals surface area contributed by atoms with E-state index in [1.54, 1.807) is 0 Å². The van der Waals surface area contributed by atoms with E-state index in [-0.39, 0.29) is 5.25 Å². The van der Waals surface area contributed by atoms with Gasteiger partial charge in [-0.15, -0.1) is 11.8 Å². The molecule has 1 unspecified atom stereocenters. The van der Waals surface area contributed by atoms with Gasteiger partial charge in [0.05, 0.1) is 5.69 Å². The molecule has 0 radical (unpaired) electrons. The lowest BCUT2D eigenvalue weighted by molar-refractivity contribution is -0.136. The molecule has 0 saturated heterocycles. The molecule has 0 aromatic heterocycles. The molecule has 1 aromatic rings. The summed E-state index contributed by atoms with van der Waals surface area (Å²) in [6.45, 7) is 4.67. The Morgan fingerprint density at radius 3 is 2.81 bits per heavy atom. The lowest BCUT2D eigenvalue weighted by Gasteiger charge is -2.32. The highest BCUT2D eigenvalue weighted by atomic mass is 32.2. The molecule has 16 heavy (non-hydrogen) atoms. The SMILES string of the molecule is Cc1cc(C)c2c(c1)N(C)CC(C(=O)O)S2. The highest BCUT2D eigenvalue weighted by Crippen LogP contribution is 2.40. The van der Waals surface area contributed by atoms with Crippen LogP contribution in [-0.4, -0.2) is 29.9 Å². The summed E-state index contributed by atoms with van der Waals surface area (Å²) < 4.78 is 0. The minimum atomic E-state index is -0.734. The second kappa shape index (κ2) is 4.01. The van der Waals surface area contributed by atoms with Crippen molar-refractivity contribution in [1.82, 2.24) is 0 Å². The van der Waals surface area contributed by atoms with Crippen molar-refractivity contribution in [3.8, 4) is 0 Å². The van der Waals surface area contributed by atoms with Gasteiger partial charge in [-0.1, -0.05) is 6.07 Å². The van der Waals surface area contributed by atoms with Gasteiger partial charge in [-0.25, -0.2) is 0 Å². The number of hydrogen-bond acceptors (Lipinski definition) is 3. The Balaban J connectivity index is 2.46. The first kappa shape index (κ1) is 11.3. The van der Waals surface area contributed by atoms with Crippen LogP contribution in [0.2, 0.25) is 0 Å². The molecule has 1 aliphatic heterocycles. The van der Waals surface area contributed by atoms with Crippen molar-refractivity contribution >= 4 is 23.4 Å². The predicted molar refractivity (Wildman–Crippen MR) is 66.5 cm³/mol. The lowest BCUT2D eigenvalue weighted by atomic mass is 10.1. The molecule has 1 N–H and O–H groups in total. The molecule has 0 amide bonds. The van der Waals surface area contributed by atoms with Crippen molar-refractivity contribution in [2.75, 3.05) is 18.5 Å². The first-order chi connectivity index (χ1) is 7.49. The molecule has 1 heterocycles. The molecule has 1 aliphatic rings. The van der Waals surface area contributed by atoms with Gasteiger partial charge in [-0.05, 0) is 31.0 Å². The van der Waals surface area contributed by atoms with E-state index in [0.717, 1.165) is 16.1 Å². The molecule has 0 saturated carbocycles.